The number of carbonyl (C=O) groups excluding carboxylic acids is 1. The Balaban J connectivity index is 2.23. The molecule has 6 nitrogen and oxygen atoms in total. The highest BCUT2D eigenvalue weighted by atomic mass is 16.3. The van der Waals surface area contributed by atoms with Crippen LogP contribution in [0.1, 0.15) is 17.4 Å². The highest BCUT2D eigenvalue weighted by molar-refractivity contribution is 5.92. The van der Waals surface area contributed by atoms with E-state index in [1.165, 1.54) is 0 Å². The van der Waals surface area contributed by atoms with Crippen LogP contribution >= 0.6 is 0 Å². The van der Waals surface area contributed by atoms with E-state index < -0.39 is 0 Å². The highest BCUT2D eigenvalue weighted by Crippen LogP contribution is 2.01. The second-order valence-electron chi connectivity index (χ2n) is 3.51. The van der Waals surface area contributed by atoms with Crippen LogP contribution in [0.25, 0.3) is 5.78 Å². The Labute approximate surface area is 92.0 Å². The summed E-state index contributed by atoms with van der Waals surface area (Å²) < 4.78 is 1.67. The largest absolute Gasteiger partial charge is 0.394 e. The lowest BCUT2D eigenvalue weighted by molar-refractivity contribution is 0.0918. The van der Waals surface area contributed by atoms with Crippen molar-refractivity contribution in [3.63, 3.8) is 0 Å². The monoisotopic (exact) mass is 220 g/mol. The summed E-state index contributed by atoms with van der Waals surface area (Å²) in [6.07, 6.45) is 4.98. The van der Waals surface area contributed by atoms with Gasteiger partial charge in [0.25, 0.3) is 5.91 Å². The molecule has 2 rings (SSSR count). The zero-order chi connectivity index (χ0) is 11.5. The normalized spacial score (nSPS) is 12.6. The molecular formula is C10H12N4O2. The number of amides is 1. The second-order valence-corrected chi connectivity index (χ2v) is 3.51. The van der Waals surface area contributed by atoms with Gasteiger partial charge in [0.05, 0.1) is 6.61 Å². The van der Waals surface area contributed by atoms with Crippen LogP contribution in [0.4, 0.5) is 0 Å². The molecule has 0 bridgehead atoms. The summed E-state index contributed by atoms with van der Waals surface area (Å²) in [5, 5.41) is 11.4. The molecule has 0 saturated heterocycles. The number of nitrogens with one attached hydrogen (secondary N) is 1. The smallest absolute Gasteiger partial charge is 0.271 e. The van der Waals surface area contributed by atoms with Crippen molar-refractivity contribution in [1.82, 2.24) is 19.7 Å². The Kier molecular flexibility index (Phi) is 2.82. The van der Waals surface area contributed by atoms with Crippen LogP contribution in [0, 0.1) is 0 Å². The van der Waals surface area contributed by atoms with Gasteiger partial charge < -0.3 is 10.4 Å². The maximum Gasteiger partial charge on any atom is 0.271 e. The maximum absolute atomic E-state index is 11.7. The van der Waals surface area contributed by atoms with Gasteiger partial charge in [-0.2, -0.15) is 0 Å². The number of fused-ring (bicyclic) bond motifs is 1. The molecule has 0 fully saturated rings. The molecule has 2 aromatic rings. The lowest BCUT2D eigenvalue weighted by atomic mass is 10.3. The van der Waals surface area contributed by atoms with Crippen molar-refractivity contribution < 1.29 is 9.90 Å². The van der Waals surface area contributed by atoms with E-state index in [0.29, 0.717) is 11.5 Å². The first-order valence-corrected chi connectivity index (χ1v) is 4.92. The van der Waals surface area contributed by atoms with Crippen molar-refractivity contribution in [3.8, 4) is 0 Å². The van der Waals surface area contributed by atoms with Crippen molar-refractivity contribution in [3.05, 3.63) is 30.4 Å². The molecule has 0 spiro atoms. The van der Waals surface area contributed by atoms with Gasteiger partial charge in [0.15, 0.2) is 0 Å². The number of aromatic nitrogens is 3. The summed E-state index contributed by atoms with van der Waals surface area (Å²) in [7, 11) is 0. The number of nitrogens with zero attached hydrogens (tertiary/aromatic N) is 3. The molecule has 1 atom stereocenters. The number of aliphatic hydroxyl groups excluding tert-OH is 1. The SMILES string of the molecule is CC(CO)NC(=O)c1cn2cccnc2n1. The molecule has 0 saturated carbocycles. The van der Waals surface area contributed by atoms with E-state index in [9.17, 15) is 4.79 Å². The molecule has 0 aliphatic rings. The van der Waals surface area contributed by atoms with Crippen LogP contribution in [-0.2, 0) is 0 Å². The van der Waals surface area contributed by atoms with Gasteiger partial charge in [-0.25, -0.2) is 9.97 Å². The van der Waals surface area contributed by atoms with Crippen LogP contribution < -0.4 is 5.32 Å². The van der Waals surface area contributed by atoms with Crippen molar-refractivity contribution in [2.75, 3.05) is 6.61 Å². The summed E-state index contributed by atoms with van der Waals surface area (Å²) in [6, 6.07) is 1.47. The average Bonchev–Trinajstić information content (AvgIpc) is 2.72. The minimum Gasteiger partial charge on any atom is -0.394 e. The third-order valence-corrected chi connectivity index (χ3v) is 2.12. The molecule has 2 N–H and O–H groups in total. The Morgan fingerprint density at radius 3 is 3.19 bits per heavy atom. The first kappa shape index (κ1) is 10.6. The Hall–Kier alpha value is -1.95. The van der Waals surface area contributed by atoms with Gasteiger partial charge in [0, 0.05) is 24.6 Å². The molecule has 0 radical (unpaired) electrons. The lowest BCUT2D eigenvalue weighted by Gasteiger charge is -2.08. The van der Waals surface area contributed by atoms with Crippen LogP contribution in [0.5, 0.6) is 0 Å². The average molecular weight is 220 g/mol. The third kappa shape index (κ3) is 2.01. The number of hydrogen-bond acceptors (Lipinski definition) is 4. The van der Waals surface area contributed by atoms with Crippen LogP contribution in [0.2, 0.25) is 0 Å². The third-order valence-electron chi connectivity index (χ3n) is 2.12. The van der Waals surface area contributed by atoms with E-state index in [1.54, 1.807) is 36.0 Å². The fourth-order valence-electron chi connectivity index (χ4n) is 1.28. The summed E-state index contributed by atoms with van der Waals surface area (Å²) in [6.45, 7) is 1.61. The molecule has 16 heavy (non-hydrogen) atoms. The van der Waals surface area contributed by atoms with E-state index in [2.05, 4.69) is 15.3 Å². The summed E-state index contributed by atoms with van der Waals surface area (Å²) in [4.78, 5) is 19.7. The van der Waals surface area contributed by atoms with E-state index >= 15 is 0 Å². The Morgan fingerprint density at radius 2 is 2.50 bits per heavy atom. The van der Waals surface area contributed by atoms with Crippen molar-refractivity contribution in [1.29, 1.82) is 0 Å². The zero-order valence-corrected chi connectivity index (χ0v) is 8.79. The van der Waals surface area contributed by atoms with E-state index in [1.807, 2.05) is 0 Å². The van der Waals surface area contributed by atoms with Gasteiger partial charge in [-0.1, -0.05) is 0 Å². The summed E-state index contributed by atoms with van der Waals surface area (Å²) in [5.74, 6) is 0.163. The van der Waals surface area contributed by atoms with Gasteiger partial charge in [0.1, 0.15) is 5.69 Å². The first-order chi connectivity index (χ1) is 7.70. The van der Waals surface area contributed by atoms with E-state index in [0.717, 1.165) is 0 Å². The van der Waals surface area contributed by atoms with Gasteiger partial charge in [-0.3, -0.25) is 9.20 Å². The van der Waals surface area contributed by atoms with Gasteiger partial charge >= 0.3 is 0 Å². The summed E-state index contributed by atoms with van der Waals surface area (Å²) in [5.41, 5.74) is 0.291. The summed E-state index contributed by atoms with van der Waals surface area (Å²) >= 11 is 0. The van der Waals surface area contributed by atoms with Crippen LogP contribution in [0.15, 0.2) is 24.7 Å². The standard InChI is InChI=1S/C10H12N4O2/c1-7(6-15)12-9(16)8-5-14-4-2-3-11-10(14)13-8/h2-5,7,15H,6H2,1H3,(H,12,16). The number of carbonyl (C=O) groups is 1. The highest BCUT2D eigenvalue weighted by Gasteiger charge is 2.12. The quantitative estimate of drug-likeness (QED) is 0.753. The van der Waals surface area contributed by atoms with E-state index in [4.69, 9.17) is 5.11 Å². The minimum absolute atomic E-state index is 0.0998. The zero-order valence-electron chi connectivity index (χ0n) is 8.79. The fraction of sp³-hybridized carbons (Fsp3) is 0.300. The maximum atomic E-state index is 11.7. The van der Waals surface area contributed by atoms with Gasteiger partial charge in [-0.15, -0.1) is 0 Å². The molecule has 1 amide bonds. The topological polar surface area (TPSA) is 79.5 Å². The molecule has 0 aliphatic heterocycles. The first-order valence-electron chi connectivity index (χ1n) is 4.92. The second kappa shape index (κ2) is 4.28. The predicted octanol–water partition coefficient (Wildman–Crippen LogP) is -0.160. The molecule has 0 aliphatic carbocycles. The molecule has 1 unspecified atom stereocenters. The van der Waals surface area contributed by atoms with Crippen LogP contribution in [-0.4, -0.2) is 38.0 Å². The van der Waals surface area contributed by atoms with Crippen molar-refractivity contribution >= 4 is 11.7 Å². The van der Waals surface area contributed by atoms with Crippen LogP contribution in [0.3, 0.4) is 0 Å². The predicted molar refractivity (Wildman–Crippen MR) is 57.0 cm³/mol. The number of hydrogen-bond donors (Lipinski definition) is 2. The number of imidazole rings is 1. The lowest BCUT2D eigenvalue weighted by Crippen LogP contribution is -2.35. The molecule has 2 heterocycles. The molecule has 6 heteroatoms. The Bertz CT molecular complexity index is 475. The van der Waals surface area contributed by atoms with E-state index in [-0.39, 0.29) is 18.6 Å². The molecule has 0 aromatic carbocycles. The fourth-order valence-corrected chi connectivity index (χ4v) is 1.28. The van der Waals surface area contributed by atoms with Crippen molar-refractivity contribution in [2.45, 2.75) is 13.0 Å². The van der Waals surface area contributed by atoms with Crippen molar-refractivity contribution in [2.24, 2.45) is 0 Å². The molecular weight excluding hydrogens is 208 g/mol. The molecule has 84 valence electrons. The molecule has 2 aromatic heterocycles. The number of rotatable bonds is 3. The Morgan fingerprint density at radius 1 is 1.69 bits per heavy atom. The minimum atomic E-state index is -0.313. The van der Waals surface area contributed by atoms with Gasteiger partial charge in [0.2, 0.25) is 5.78 Å². The number of aliphatic hydroxyl groups is 1. The van der Waals surface area contributed by atoms with Gasteiger partial charge in [-0.05, 0) is 13.0 Å².